The molecular weight excluding hydrogens is 254 g/mol. The lowest BCUT2D eigenvalue weighted by atomic mass is 10.0. The highest BCUT2D eigenvalue weighted by Crippen LogP contribution is 2.08. The van der Waals surface area contributed by atoms with Gasteiger partial charge in [0.15, 0.2) is 0 Å². The quantitative estimate of drug-likeness (QED) is 0.494. The van der Waals surface area contributed by atoms with Gasteiger partial charge in [-0.05, 0) is 26.2 Å². The van der Waals surface area contributed by atoms with Crippen molar-refractivity contribution in [3.63, 3.8) is 0 Å². The summed E-state index contributed by atoms with van der Waals surface area (Å²) in [5, 5.41) is 2.80. The third-order valence-electron chi connectivity index (χ3n) is 3.10. The number of unbranched alkanes of at least 4 members (excludes halogenated alkanes) is 4. The van der Waals surface area contributed by atoms with Crippen molar-refractivity contribution in [3.05, 3.63) is 0 Å². The maximum Gasteiger partial charge on any atom is 0.329 e. The highest BCUT2D eigenvalue weighted by Gasteiger charge is 2.25. The largest absolute Gasteiger partial charge is 0.461 e. The van der Waals surface area contributed by atoms with Gasteiger partial charge >= 0.3 is 5.97 Å². The molecule has 0 aliphatic rings. The molecule has 4 heteroatoms. The maximum atomic E-state index is 11.9. The van der Waals surface area contributed by atoms with E-state index in [1.807, 2.05) is 27.7 Å². The molecule has 0 rings (SSSR count). The van der Waals surface area contributed by atoms with Crippen LogP contribution in [-0.4, -0.2) is 24.0 Å². The molecule has 0 fully saturated rings. The van der Waals surface area contributed by atoms with Crippen molar-refractivity contribution in [2.24, 2.45) is 5.92 Å². The van der Waals surface area contributed by atoms with E-state index in [2.05, 4.69) is 12.2 Å². The molecule has 0 aliphatic heterocycles. The average Bonchev–Trinajstić information content (AvgIpc) is 2.34. The predicted octanol–water partition coefficient (Wildman–Crippen LogP) is 3.44. The van der Waals surface area contributed by atoms with Gasteiger partial charge < -0.3 is 10.1 Å². The number of ether oxygens (including phenoxy) is 1. The molecule has 1 N–H and O–H groups in total. The van der Waals surface area contributed by atoms with E-state index < -0.39 is 6.04 Å². The molecule has 0 aromatic carbocycles. The Kier molecular flexibility index (Phi) is 10.1. The zero-order valence-corrected chi connectivity index (χ0v) is 13.7. The van der Waals surface area contributed by atoms with Crippen molar-refractivity contribution < 1.29 is 14.3 Å². The molecule has 0 aliphatic carbocycles. The number of amides is 1. The highest BCUT2D eigenvalue weighted by atomic mass is 16.5. The van der Waals surface area contributed by atoms with Crippen LogP contribution in [0.2, 0.25) is 0 Å². The molecule has 0 saturated heterocycles. The normalized spacial score (nSPS) is 12.6. The van der Waals surface area contributed by atoms with Gasteiger partial charge in [-0.25, -0.2) is 4.79 Å². The van der Waals surface area contributed by atoms with Crippen molar-refractivity contribution in [3.8, 4) is 0 Å². The number of nitrogens with one attached hydrogen (secondary N) is 1. The fraction of sp³-hybridized carbons (Fsp3) is 0.875. The minimum absolute atomic E-state index is 0.0327. The number of esters is 1. The zero-order chi connectivity index (χ0) is 15.5. The van der Waals surface area contributed by atoms with Gasteiger partial charge in [-0.3, -0.25) is 4.79 Å². The second kappa shape index (κ2) is 10.7. The Morgan fingerprint density at radius 1 is 1.00 bits per heavy atom. The minimum Gasteiger partial charge on any atom is -0.461 e. The van der Waals surface area contributed by atoms with Gasteiger partial charge in [0.25, 0.3) is 0 Å². The van der Waals surface area contributed by atoms with Crippen LogP contribution < -0.4 is 5.32 Å². The lowest BCUT2D eigenvalue weighted by Gasteiger charge is -2.22. The average molecular weight is 285 g/mol. The summed E-state index contributed by atoms with van der Waals surface area (Å²) in [5.41, 5.74) is 0. The zero-order valence-electron chi connectivity index (χ0n) is 13.7. The third-order valence-corrected chi connectivity index (χ3v) is 3.10. The van der Waals surface area contributed by atoms with Crippen LogP contribution in [0.15, 0.2) is 0 Å². The maximum absolute atomic E-state index is 11.9. The van der Waals surface area contributed by atoms with Gasteiger partial charge in [-0.15, -0.1) is 0 Å². The first-order valence-corrected chi connectivity index (χ1v) is 7.88. The Morgan fingerprint density at radius 3 is 2.10 bits per heavy atom. The van der Waals surface area contributed by atoms with Crippen molar-refractivity contribution in [1.29, 1.82) is 0 Å². The molecule has 0 bridgehead atoms. The summed E-state index contributed by atoms with van der Waals surface area (Å²) >= 11 is 0. The van der Waals surface area contributed by atoms with Crippen LogP contribution in [0.3, 0.4) is 0 Å². The molecule has 0 unspecified atom stereocenters. The van der Waals surface area contributed by atoms with Crippen LogP contribution in [0.25, 0.3) is 0 Å². The van der Waals surface area contributed by atoms with E-state index in [0.717, 1.165) is 12.8 Å². The van der Waals surface area contributed by atoms with E-state index in [9.17, 15) is 9.59 Å². The molecule has 0 saturated carbocycles. The van der Waals surface area contributed by atoms with Crippen LogP contribution in [0, 0.1) is 5.92 Å². The van der Waals surface area contributed by atoms with E-state index in [1.165, 1.54) is 19.3 Å². The second-order valence-electron chi connectivity index (χ2n) is 5.94. The molecule has 0 aromatic rings. The van der Waals surface area contributed by atoms with Crippen LogP contribution in [0.4, 0.5) is 0 Å². The monoisotopic (exact) mass is 285 g/mol. The van der Waals surface area contributed by atoms with Gasteiger partial charge in [-0.1, -0.05) is 46.5 Å². The first-order chi connectivity index (χ1) is 9.38. The fourth-order valence-electron chi connectivity index (χ4n) is 1.94. The molecule has 4 nitrogen and oxygen atoms in total. The van der Waals surface area contributed by atoms with Crippen LogP contribution in [0.5, 0.6) is 0 Å². The van der Waals surface area contributed by atoms with Gasteiger partial charge in [0.2, 0.25) is 5.91 Å². The Hall–Kier alpha value is -1.06. The smallest absolute Gasteiger partial charge is 0.329 e. The summed E-state index contributed by atoms with van der Waals surface area (Å²) < 4.78 is 5.18. The van der Waals surface area contributed by atoms with Gasteiger partial charge in [0, 0.05) is 6.42 Å². The second-order valence-corrected chi connectivity index (χ2v) is 5.94. The molecule has 1 amide bonds. The van der Waals surface area contributed by atoms with Gasteiger partial charge in [0.05, 0.1) is 6.10 Å². The predicted molar refractivity (Wildman–Crippen MR) is 81.4 cm³/mol. The van der Waals surface area contributed by atoms with Crippen molar-refractivity contribution in [1.82, 2.24) is 5.32 Å². The Morgan fingerprint density at radius 2 is 1.60 bits per heavy atom. The number of carbonyl (C=O) groups is 2. The molecular formula is C16H31NO3. The summed E-state index contributed by atoms with van der Waals surface area (Å²) in [7, 11) is 0. The lowest BCUT2D eigenvalue weighted by molar-refractivity contribution is -0.152. The van der Waals surface area contributed by atoms with E-state index in [1.54, 1.807) is 0 Å². The van der Waals surface area contributed by atoms with Gasteiger partial charge in [0.1, 0.15) is 6.04 Å². The Balaban J connectivity index is 4.11. The standard InChI is InChI=1S/C16H31NO3/c1-6-7-8-9-10-11-14(18)17-15(12(2)3)16(19)20-13(4)5/h12-13,15H,6-11H2,1-5H3,(H,17,18)/t15-/m0/s1. The summed E-state index contributed by atoms with van der Waals surface area (Å²) in [6.45, 7) is 9.61. The van der Waals surface area contributed by atoms with Crippen molar-refractivity contribution in [2.75, 3.05) is 0 Å². The summed E-state index contributed by atoms with van der Waals surface area (Å²) in [5.74, 6) is -0.361. The van der Waals surface area contributed by atoms with E-state index >= 15 is 0 Å². The highest BCUT2D eigenvalue weighted by molar-refractivity contribution is 5.84. The lowest BCUT2D eigenvalue weighted by Crippen LogP contribution is -2.45. The fourth-order valence-corrected chi connectivity index (χ4v) is 1.94. The summed E-state index contributed by atoms with van der Waals surface area (Å²) in [4.78, 5) is 23.8. The van der Waals surface area contributed by atoms with Gasteiger partial charge in [-0.2, -0.15) is 0 Å². The number of carbonyl (C=O) groups excluding carboxylic acids is 2. The molecule has 0 aromatic heterocycles. The van der Waals surface area contributed by atoms with Crippen LogP contribution in [0.1, 0.15) is 73.1 Å². The van der Waals surface area contributed by atoms with E-state index in [-0.39, 0.29) is 23.9 Å². The van der Waals surface area contributed by atoms with Crippen LogP contribution >= 0.6 is 0 Å². The third kappa shape index (κ3) is 8.94. The summed E-state index contributed by atoms with van der Waals surface area (Å²) in [6.07, 6.45) is 5.88. The Bertz CT molecular complexity index is 287. The first kappa shape index (κ1) is 18.9. The number of rotatable bonds is 10. The van der Waals surface area contributed by atoms with Crippen molar-refractivity contribution in [2.45, 2.75) is 85.3 Å². The van der Waals surface area contributed by atoms with Crippen LogP contribution in [-0.2, 0) is 14.3 Å². The van der Waals surface area contributed by atoms with E-state index in [4.69, 9.17) is 4.74 Å². The van der Waals surface area contributed by atoms with Crippen molar-refractivity contribution >= 4 is 11.9 Å². The first-order valence-electron chi connectivity index (χ1n) is 7.88. The topological polar surface area (TPSA) is 55.4 Å². The van der Waals surface area contributed by atoms with E-state index in [0.29, 0.717) is 6.42 Å². The SMILES string of the molecule is CCCCCCCC(=O)N[C@H](C(=O)OC(C)C)C(C)C. The number of hydrogen-bond acceptors (Lipinski definition) is 3. The molecule has 1 atom stereocenters. The number of hydrogen-bond donors (Lipinski definition) is 1. The Labute approximate surface area is 123 Å². The molecule has 0 heterocycles. The summed E-state index contributed by atoms with van der Waals surface area (Å²) in [6, 6.07) is -0.541. The molecule has 20 heavy (non-hydrogen) atoms. The molecule has 0 radical (unpaired) electrons. The minimum atomic E-state index is -0.541. The molecule has 118 valence electrons. The molecule has 0 spiro atoms.